The van der Waals surface area contributed by atoms with Gasteiger partial charge in [-0.25, -0.2) is 5.01 Å². The van der Waals surface area contributed by atoms with Crippen LogP contribution < -0.4 is 10.7 Å². The zero-order chi connectivity index (χ0) is 19.8. The molecule has 2 atom stereocenters. The third-order valence-electron chi connectivity index (χ3n) is 3.89. The Morgan fingerprint density at radius 2 is 1.85 bits per heavy atom. The van der Waals surface area contributed by atoms with E-state index in [1.54, 1.807) is 11.9 Å². The Hall–Kier alpha value is -2.04. The number of hydrogen-bond acceptors (Lipinski definition) is 7. The maximum absolute atomic E-state index is 11.3. The van der Waals surface area contributed by atoms with Crippen molar-refractivity contribution in [1.82, 2.24) is 0 Å². The van der Waals surface area contributed by atoms with Gasteiger partial charge in [-0.15, -0.1) is 0 Å². The van der Waals surface area contributed by atoms with Gasteiger partial charge < -0.3 is 5.73 Å². The largest absolute Gasteiger partial charge is 0.307 e. The minimum absolute atomic E-state index is 0.0307. The predicted molar refractivity (Wildman–Crippen MR) is 105 cm³/mol. The van der Waals surface area contributed by atoms with Crippen molar-refractivity contribution in [3.05, 3.63) is 52.5 Å². The van der Waals surface area contributed by atoms with E-state index in [9.17, 15) is 8.42 Å². The summed E-state index contributed by atoms with van der Waals surface area (Å²) in [4.78, 5) is -0.501. The number of nitrogens with zero attached hydrogens (tertiary/aromatic N) is 4. The second-order valence-electron chi connectivity index (χ2n) is 5.78. The molecule has 0 bridgehead atoms. The van der Waals surface area contributed by atoms with Crippen LogP contribution in [0, 0.1) is 0 Å². The van der Waals surface area contributed by atoms with Crippen LogP contribution in [-0.4, -0.2) is 30.9 Å². The Labute approximate surface area is 166 Å². The van der Waals surface area contributed by atoms with Crippen molar-refractivity contribution in [2.24, 2.45) is 21.1 Å². The van der Waals surface area contributed by atoms with Crippen LogP contribution in [-0.2, 0) is 10.1 Å². The summed E-state index contributed by atoms with van der Waals surface area (Å²) >= 11 is 11.9. The molecule has 3 rings (SSSR count). The summed E-state index contributed by atoms with van der Waals surface area (Å²) in [5, 5.41) is 14.1. The number of hydrazone groups is 1. The van der Waals surface area contributed by atoms with E-state index in [1.165, 1.54) is 6.07 Å². The molecule has 0 radical (unpaired) electrons. The highest BCUT2D eigenvalue weighted by molar-refractivity contribution is 7.86. The molecule has 0 aromatic heterocycles. The average molecular weight is 428 g/mol. The predicted octanol–water partition coefficient (Wildman–Crippen LogP) is 3.87. The highest BCUT2D eigenvalue weighted by atomic mass is 35.5. The quantitative estimate of drug-likeness (QED) is 0.566. The van der Waals surface area contributed by atoms with Gasteiger partial charge in [-0.1, -0.05) is 41.4 Å². The summed E-state index contributed by atoms with van der Waals surface area (Å²) in [6.45, 7) is 1.78. The van der Waals surface area contributed by atoms with Crippen molar-refractivity contribution in [2.75, 3.05) is 5.01 Å². The molecule has 0 amide bonds. The van der Waals surface area contributed by atoms with Crippen molar-refractivity contribution < 1.29 is 13.0 Å². The minimum atomic E-state index is -4.49. The average Bonchev–Trinajstić information content (AvgIpc) is 2.89. The molecule has 1 aliphatic rings. The number of nitrogens with two attached hydrogens (primary N) is 1. The maximum atomic E-state index is 11.3. The van der Waals surface area contributed by atoms with Crippen LogP contribution in [0.3, 0.4) is 0 Å². The van der Waals surface area contributed by atoms with Gasteiger partial charge in [0.05, 0.1) is 21.4 Å². The second-order valence-corrected chi connectivity index (χ2v) is 7.99. The SMILES string of the molecule is CC1=NN(c2ccccc2)[C@@H](N)[C@H]1N=Nc1cc(Cl)c(S(=O)(=O)O)cc1Cl. The van der Waals surface area contributed by atoms with E-state index in [0.717, 1.165) is 11.8 Å². The van der Waals surface area contributed by atoms with Gasteiger partial charge in [-0.2, -0.15) is 23.7 Å². The molecule has 2 aromatic carbocycles. The first-order chi connectivity index (χ1) is 12.7. The number of benzene rings is 2. The molecule has 3 N–H and O–H groups in total. The highest BCUT2D eigenvalue weighted by Gasteiger charge is 2.33. The van der Waals surface area contributed by atoms with Crippen molar-refractivity contribution in [2.45, 2.75) is 24.0 Å². The van der Waals surface area contributed by atoms with Gasteiger partial charge in [0, 0.05) is 0 Å². The van der Waals surface area contributed by atoms with E-state index >= 15 is 0 Å². The lowest BCUT2D eigenvalue weighted by Crippen LogP contribution is -2.43. The van der Waals surface area contributed by atoms with Crippen LogP contribution >= 0.6 is 23.2 Å². The number of para-hydroxylation sites is 1. The van der Waals surface area contributed by atoms with Crippen molar-refractivity contribution in [1.29, 1.82) is 0 Å². The molecule has 0 aliphatic carbocycles. The first-order valence-corrected chi connectivity index (χ1v) is 9.90. The normalized spacial score (nSPS) is 20.3. The smallest absolute Gasteiger partial charge is 0.296 e. The number of hydrogen-bond donors (Lipinski definition) is 2. The lowest BCUT2D eigenvalue weighted by atomic mass is 10.2. The molecule has 0 unspecified atom stereocenters. The molecule has 0 saturated heterocycles. The van der Waals surface area contributed by atoms with Gasteiger partial charge in [0.1, 0.15) is 22.8 Å². The van der Waals surface area contributed by atoms with Gasteiger partial charge in [0.15, 0.2) is 0 Å². The lowest BCUT2D eigenvalue weighted by Gasteiger charge is -2.21. The van der Waals surface area contributed by atoms with E-state index < -0.39 is 27.2 Å². The zero-order valence-corrected chi connectivity index (χ0v) is 16.3. The molecule has 1 aliphatic heterocycles. The van der Waals surface area contributed by atoms with Gasteiger partial charge in [0.2, 0.25) is 0 Å². The fourth-order valence-electron chi connectivity index (χ4n) is 2.56. The van der Waals surface area contributed by atoms with Crippen LogP contribution in [0.25, 0.3) is 0 Å². The topological polar surface area (TPSA) is 121 Å². The molecule has 2 aromatic rings. The molecule has 0 spiro atoms. The maximum Gasteiger partial charge on any atom is 0.296 e. The number of azo groups is 1. The summed E-state index contributed by atoms with van der Waals surface area (Å²) in [5.41, 5.74) is 7.87. The van der Waals surface area contributed by atoms with Crippen LogP contribution in [0.15, 0.2) is 62.7 Å². The summed E-state index contributed by atoms with van der Waals surface area (Å²) in [7, 11) is -4.49. The monoisotopic (exact) mass is 427 g/mol. The summed E-state index contributed by atoms with van der Waals surface area (Å²) < 4.78 is 31.7. The van der Waals surface area contributed by atoms with E-state index in [1.807, 2.05) is 30.3 Å². The molecule has 142 valence electrons. The van der Waals surface area contributed by atoms with Crippen molar-refractivity contribution in [3.63, 3.8) is 0 Å². The van der Waals surface area contributed by atoms with E-state index in [0.29, 0.717) is 5.71 Å². The Morgan fingerprint density at radius 3 is 2.48 bits per heavy atom. The van der Waals surface area contributed by atoms with E-state index in [4.69, 9.17) is 33.5 Å². The van der Waals surface area contributed by atoms with Gasteiger partial charge in [-0.05, 0) is 31.2 Å². The standard InChI is InChI=1S/C16H15Cl2N5O3S/c1-9-15(16(19)23(22-9)10-5-3-2-4-6-10)21-20-13-7-12(18)14(8-11(13)17)27(24,25)26/h2-8,15-16H,19H2,1H3,(H,24,25,26)/t15-,16+/m0/s1. The molecule has 0 fully saturated rings. The van der Waals surface area contributed by atoms with E-state index in [2.05, 4.69) is 15.3 Å². The molecule has 27 heavy (non-hydrogen) atoms. The molecule has 11 heteroatoms. The number of anilines is 1. The minimum Gasteiger partial charge on any atom is -0.307 e. The molecule has 0 saturated carbocycles. The van der Waals surface area contributed by atoms with Crippen LogP contribution in [0.2, 0.25) is 10.0 Å². The molecule has 1 heterocycles. The summed E-state index contributed by atoms with van der Waals surface area (Å²) in [6, 6.07) is 11.1. The first-order valence-electron chi connectivity index (χ1n) is 7.71. The van der Waals surface area contributed by atoms with Gasteiger partial charge in [-0.3, -0.25) is 4.55 Å². The van der Waals surface area contributed by atoms with Gasteiger partial charge >= 0.3 is 0 Å². The molecular weight excluding hydrogens is 413 g/mol. The fraction of sp³-hybridized carbons (Fsp3) is 0.188. The third kappa shape index (κ3) is 4.12. The Balaban J connectivity index is 1.87. The molecule has 8 nitrogen and oxygen atoms in total. The van der Waals surface area contributed by atoms with Crippen LogP contribution in [0.5, 0.6) is 0 Å². The summed E-state index contributed by atoms with van der Waals surface area (Å²) in [5.74, 6) is 0. The number of rotatable bonds is 4. The Morgan fingerprint density at radius 1 is 1.19 bits per heavy atom. The Kier molecular flexibility index (Phi) is 5.50. The first kappa shape index (κ1) is 19.7. The molecular formula is C16H15Cl2N5O3S. The Bertz CT molecular complexity index is 1030. The lowest BCUT2D eigenvalue weighted by molar-refractivity contribution is 0.483. The van der Waals surface area contributed by atoms with Crippen LogP contribution in [0.4, 0.5) is 11.4 Å². The fourth-order valence-corrected chi connectivity index (χ4v) is 3.84. The van der Waals surface area contributed by atoms with Gasteiger partial charge in [0.25, 0.3) is 10.1 Å². The third-order valence-corrected chi connectivity index (χ3v) is 5.51. The van der Waals surface area contributed by atoms with Crippen LogP contribution in [0.1, 0.15) is 6.92 Å². The van der Waals surface area contributed by atoms with Crippen molar-refractivity contribution >= 4 is 50.4 Å². The van der Waals surface area contributed by atoms with Crippen molar-refractivity contribution in [3.8, 4) is 0 Å². The summed E-state index contributed by atoms with van der Waals surface area (Å²) in [6.07, 6.45) is -0.567. The van der Waals surface area contributed by atoms with E-state index in [-0.39, 0.29) is 15.7 Å². The number of halogens is 2. The highest BCUT2D eigenvalue weighted by Crippen LogP contribution is 2.34. The zero-order valence-electron chi connectivity index (χ0n) is 14.0. The second kappa shape index (κ2) is 7.53.